The maximum Gasteiger partial charge on any atom is 0.237 e. The summed E-state index contributed by atoms with van der Waals surface area (Å²) in [6.45, 7) is 3.63. The Balaban J connectivity index is 2.71. The number of benzene rings is 1. The summed E-state index contributed by atoms with van der Waals surface area (Å²) in [5, 5.41) is -0.468. The Morgan fingerprint density at radius 3 is 2.32 bits per heavy atom. The molecule has 1 unspecified atom stereocenters. The molecule has 0 saturated carbocycles. The summed E-state index contributed by atoms with van der Waals surface area (Å²) in [4.78, 5) is 24.7. The molecule has 0 aromatic heterocycles. The first-order valence-electron chi connectivity index (χ1n) is 6.22. The van der Waals surface area contributed by atoms with Crippen molar-refractivity contribution >= 4 is 24.4 Å². The van der Waals surface area contributed by atoms with Crippen LogP contribution >= 0.6 is 12.6 Å². The summed E-state index contributed by atoms with van der Waals surface area (Å²) in [6.07, 6.45) is 0.533. The van der Waals surface area contributed by atoms with E-state index in [1.807, 2.05) is 44.2 Å². The van der Waals surface area contributed by atoms with Gasteiger partial charge in [0, 0.05) is 6.04 Å². The second kappa shape index (κ2) is 7.19. The van der Waals surface area contributed by atoms with Crippen molar-refractivity contribution in [3.8, 4) is 0 Å². The van der Waals surface area contributed by atoms with Gasteiger partial charge >= 0.3 is 0 Å². The molecule has 1 atom stereocenters. The van der Waals surface area contributed by atoms with E-state index in [-0.39, 0.29) is 18.5 Å². The van der Waals surface area contributed by atoms with Crippen LogP contribution in [0.2, 0.25) is 0 Å². The highest BCUT2D eigenvalue weighted by Gasteiger charge is 2.24. The Morgan fingerprint density at radius 1 is 1.26 bits per heavy atom. The second-order valence-electron chi connectivity index (χ2n) is 4.73. The van der Waals surface area contributed by atoms with Gasteiger partial charge in [-0.05, 0) is 25.8 Å². The van der Waals surface area contributed by atoms with Gasteiger partial charge in [-0.2, -0.15) is 12.6 Å². The highest BCUT2D eigenvalue weighted by Crippen LogP contribution is 2.12. The van der Waals surface area contributed by atoms with Crippen molar-refractivity contribution in [3.05, 3.63) is 35.9 Å². The number of hydrogen-bond acceptors (Lipinski definition) is 3. The number of nitrogens with zero attached hydrogens (tertiary/aromatic N) is 1. The van der Waals surface area contributed by atoms with Crippen LogP contribution in [0, 0.1) is 0 Å². The van der Waals surface area contributed by atoms with E-state index in [1.54, 1.807) is 0 Å². The van der Waals surface area contributed by atoms with Gasteiger partial charge in [0.15, 0.2) is 0 Å². The normalized spacial score (nSPS) is 12.2. The number of primary amides is 1. The van der Waals surface area contributed by atoms with Crippen LogP contribution in [0.25, 0.3) is 0 Å². The molecule has 0 fully saturated rings. The number of amides is 2. The monoisotopic (exact) mass is 280 g/mol. The average Bonchev–Trinajstić information content (AvgIpc) is 2.35. The molecule has 0 radical (unpaired) electrons. The first-order valence-corrected chi connectivity index (χ1v) is 6.74. The third kappa shape index (κ3) is 4.95. The maximum atomic E-state index is 12.3. The summed E-state index contributed by atoms with van der Waals surface area (Å²) in [7, 11) is 0. The number of nitrogens with two attached hydrogens (primary N) is 1. The third-order valence-electron chi connectivity index (χ3n) is 2.79. The molecule has 0 saturated heterocycles. The predicted molar refractivity (Wildman–Crippen MR) is 79.0 cm³/mol. The van der Waals surface area contributed by atoms with E-state index in [1.165, 1.54) is 4.90 Å². The zero-order chi connectivity index (χ0) is 14.4. The molecular weight excluding hydrogens is 260 g/mol. The first-order chi connectivity index (χ1) is 8.91. The minimum absolute atomic E-state index is 0.0671. The van der Waals surface area contributed by atoms with Crippen LogP contribution in [-0.2, 0) is 16.0 Å². The van der Waals surface area contributed by atoms with Gasteiger partial charge in [-0.15, -0.1) is 0 Å². The van der Waals surface area contributed by atoms with Crippen LogP contribution in [0.4, 0.5) is 0 Å². The van der Waals surface area contributed by atoms with Crippen molar-refractivity contribution in [3.63, 3.8) is 0 Å². The van der Waals surface area contributed by atoms with E-state index >= 15 is 0 Å². The largest absolute Gasteiger partial charge is 0.368 e. The molecule has 19 heavy (non-hydrogen) atoms. The van der Waals surface area contributed by atoms with Crippen LogP contribution in [0.1, 0.15) is 19.4 Å². The van der Waals surface area contributed by atoms with Crippen molar-refractivity contribution in [1.29, 1.82) is 0 Å². The Morgan fingerprint density at radius 2 is 1.84 bits per heavy atom. The predicted octanol–water partition coefficient (Wildman–Crippen LogP) is 1.25. The topological polar surface area (TPSA) is 63.4 Å². The van der Waals surface area contributed by atoms with E-state index in [9.17, 15) is 9.59 Å². The van der Waals surface area contributed by atoms with Crippen molar-refractivity contribution in [2.24, 2.45) is 5.73 Å². The van der Waals surface area contributed by atoms with Gasteiger partial charge in [-0.3, -0.25) is 9.59 Å². The SMILES string of the molecule is CC(C)N(CC(N)=O)C(=O)C(S)Cc1ccccc1. The lowest BCUT2D eigenvalue weighted by atomic mass is 10.1. The van der Waals surface area contributed by atoms with Crippen molar-refractivity contribution in [2.45, 2.75) is 31.6 Å². The Kier molecular flexibility index (Phi) is 5.89. The third-order valence-corrected chi connectivity index (χ3v) is 3.19. The molecule has 1 rings (SSSR count). The number of hydrogen-bond donors (Lipinski definition) is 2. The van der Waals surface area contributed by atoms with Crippen LogP contribution in [-0.4, -0.2) is 34.6 Å². The minimum atomic E-state index is -0.512. The second-order valence-corrected chi connectivity index (χ2v) is 5.36. The van der Waals surface area contributed by atoms with Gasteiger partial charge in [0.25, 0.3) is 0 Å². The molecule has 2 N–H and O–H groups in total. The molecular formula is C14H20N2O2S. The molecule has 0 spiro atoms. The lowest BCUT2D eigenvalue weighted by molar-refractivity contribution is -0.136. The van der Waals surface area contributed by atoms with Crippen molar-refractivity contribution in [1.82, 2.24) is 4.90 Å². The summed E-state index contributed by atoms with van der Waals surface area (Å²) in [6, 6.07) is 9.58. The van der Waals surface area contributed by atoms with E-state index in [0.717, 1.165) is 5.56 Å². The fourth-order valence-corrected chi connectivity index (χ4v) is 2.16. The Bertz CT molecular complexity index is 434. The van der Waals surface area contributed by atoms with E-state index in [4.69, 9.17) is 5.73 Å². The van der Waals surface area contributed by atoms with E-state index < -0.39 is 11.2 Å². The van der Waals surface area contributed by atoms with Crippen LogP contribution in [0.15, 0.2) is 30.3 Å². The molecule has 5 heteroatoms. The average molecular weight is 280 g/mol. The summed E-state index contributed by atoms with van der Waals surface area (Å²) < 4.78 is 0. The molecule has 0 aliphatic heterocycles. The molecule has 0 heterocycles. The highest BCUT2D eigenvalue weighted by molar-refractivity contribution is 7.81. The smallest absolute Gasteiger partial charge is 0.237 e. The Labute approximate surface area is 119 Å². The number of carbonyl (C=O) groups excluding carboxylic acids is 2. The molecule has 0 bridgehead atoms. The first kappa shape index (κ1) is 15.6. The van der Waals surface area contributed by atoms with Gasteiger partial charge in [-0.1, -0.05) is 30.3 Å². The molecule has 1 aromatic rings. The van der Waals surface area contributed by atoms with Crippen molar-refractivity contribution < 1.29 is 9.59 Å². The van der Waals surface area contributed by atoms with Gasteiger partial charge in [0.1, 0.15) is 0 Å². The zero-order valence-electron chi connectivity index (χ0n) is 11.2. The standard InChI is InChI=1S/C14H20N2O2S/c1-10(2)16(9-13(15)17)14(18)12(19)8-11-6-4-3-5-7-11/h3-7,10,12,19H,8-9H2,1-2H3,(H2,15,17). The highest BCUT2D eigenvalue weighted by atomic mass is 32.1. The Hall–Kier alpha value is -1.49. The number of carbonyl (C=O) groups is 2. The summed E-state index contributed by atoms with van der Waals surface area (Å²) in [5.41, 5.74) is 6.20. The molecule has 4 nitrogen and oxygen atoms in total. The molecule has 0 aliphatic carbocycles. The van der Waals surface area contributed by atoms with Gasteiger partial charge in [0.2, 0.25) is 11.8 Å². The molecule has 2 amide bonds. The van der Waals surface area contributed by atoms with Gasteiger partial charge < -0.3 is 10.6 Å². The number of rotatable bonds is 6. The van der Waals surface area contributed by atoms with Gasteiger partial charge in [0.05, 0.1) is 11.8 Å². The molecule has 0 aliphatic rings. The molecule has 104 valence electrons. The fourth-order valence-electron chi connectivity index (χ4n) is 1.80. The summed E-state index contributed by atoms with van der Waals surface area (Å²) >= 11 is 4.35. The summed E-state index contributed by atoms with van der Waals surface area (Å²) in [5.74, 6) is -0.678. The van der Waals surface area contributed by atoms with Crippen molar-refractivity contribution in [2.75, 3.05) is 6.54 Å². The minimum Gasteiger partial charge on any atom is -0.368 e. The number of thiol groups is 1. The van der Waals surface area contributed by atoms with E-state index in [0.29, 0.717) is 6.42 Å². The lowest BCUT2D eigenvalue weighted by Gasteiger charge is -2.28. The van der Waals surface area contributed by atoms with Crippen LogP contribution < -0.4 is 5.73 Å². The van der Waals surface area contributed by atoms with Crippen LogP contribution in [0.5, 0.6) is 0 Å². The fraction of sp³-hybridized carbons (Fsp3) is 0.429. The zero-order valence-corrected chi connectivity index (χ0v) is 12.1. The molecule has 1 aromatic carbocycles. The maximum absolute atomic E-state index is 12.3. The lowest BCUT2D eigenvalue weighted by Crippen LogP contribution is -2.46. The van der Waals surface area contributed by atoms with Crippen LogP contribution in [0.3, 0.4) is 0 Å². The van der Waals surface area contributed by atoms with Gasteiger partial charge in [-0.25, -0.2) is 0 Å². The van der Waals surface area contributed by atoms with E-state index in [2.05, 4.69) is 12.6 Å². The quantitative estimate of drug-likeness (QED) is 0.770.